The summed E-state index contributed by atoms with van der Waals surface area (Å²) < 4.78 is 8.16. The number of ether oxygens (including phenoxy) is 1. The highest BCUT2D eigenvalue weighted by atomic mass is 127. The van der Waals surface area contributed by atoms with E-state index in [0.717, 1.165) is 15.0 Å². The van der Waals surface area contributed by atoms with E-state index in [1.54, 1.807) is 12.1 Å². The number of anilines is 1. The van der Waals surface area contributed by atoms with E-state index in [2.05, 4.69) is 46.3 Å². The number of aryl methyl sites for hydroxylation is 1. The fourth-order valence-electron chi connectivity index (χ4n) is 2.74. The van der Waals surface area contributed by atoms with Crippen LogP contribution in [0.1, 0.15) is 41.6 Å². The van der Waals surface area contributed by atoms with Crippen LogP contribution in [0.5, 0.6) is 0 Å². The summed E-state index contributed by atoms with van der Waals surface area (Å²) >= 11 is 2.14. The van der Waals surface area contributed by atoms with Crippen molar-refractivity contribution in [2.24, 2.45) is 0 Å². The molecular weight excluding hydrogens is 419 g/mol. The number of carbonyl (C=O) groups excluding carboxylic acids is 2. The first-order valence-corrected chi connectivity index (χ1v) is 8.79. The smallest absolute Gasteiger partial charge is 0.340 e. The molecule has 1 N–H and O–H groups in total. The number of rotatable bonds is 5. The first-order valence-electron chi connectivity index (χ1n) is 7.71. The average Bonchev–Trinajstić information content (AvgIpc) is 2.82. The van der Waals surface area contributed by atoms with Crippen LogP contribution in [-0.2, 0) is 9.53 Å². The first-order chi connectivity index (χ1) is 11.3. The molecule has 24 heavy (non-hydrogen) atoms. The van der Waals surface area contributed by atoms with Crippen molar-refractivity contribution in [1.82, 2.24) is 4.57 Å². The van der Waals surface area contributed by atoms with E-state index in [1.165, 1.54) is 0 Å². The van der Waals surface area contributed by atoms with Crippen LogP contribution in [0.25, 0.3) is 0 Å². The average molecular weight is 440 g/mol. The van der Waals surface area contributed by atoms with Crippen LogP contribution in [0.2, 0.25) is 0 Å². The normalized spacial score (nSPS) is 10.8. The molecule has 6 heteroatoms. The van der Waals surface area contributed by atoms with Gasteiger partial charge in [0, 0.05) is 21.0 Å². The minimum atomic E-state index is -0.479. The molecule has 1 aromatic carbocycles. The fraction of sp³-hybridized carbons (Fsp3) is 0.333. The molecule has 128 valence electrons. The molecule has 2 rings (SSSR count). The van der Waals surface area contributed by atoms with E-state index in [0.29, 0.717) is 11.3 Å². The molecule has 1 heterocycles. The second-order valence-electron chi connectivity index (χ2n) is 5.85. The lowest BCUT2D eigenvalue weighted by atomic mass is 10.2. The molecule has 0 bridgehead atoms. The molecule has 0 aliphatic heterocycles. The van der Waals surface area contributed by atoms with E-state index >= 15 is 0 Å². The lowest BCUT2D eigenvalue weighted by Crippen LogP contribution is -2.21. The zero-order chi connectivity index (χ0) is 17.9. The molecule has 0 saturated carbocycles. The highest BCUT2D eigenvalue weighted by molar-refractivity contribution is 14.1. The van der Waals surface area contributed by atoms with Gasteiger partial charge in [-0.3, -0.25) is 4.79 Å². The fourth-order valence-corrected chi connectivity index (χ4v) is 3.26. The Morgan fingerprint density at radius 1 is 1.25 bits per heavy atom. The van der Waals surface area contributed by atoms with Crippen molar-refractivity contribution in [3.05, 3.63) is 50.9 Å². The Hall–Kier alpha value is -1.83. The van der Waals surface area contributed by atoms with Crippen LogP contribution < -0.4 is 5.32 Å². The maximum Gasteiger partial charge on any atom is 0.340 e. The van der Waals surface area contributed by atoms with Gasteiger partial charge in [-0.05, 0) is 68.5 Å². The van der Waals surface area contributed by atoms with Crippen LogP contribution >= 0.6 is 22.6 Å². The molecule has 0 unspecified atom stereocenters. The Labute approximate surface area is 155 Å². The maximum absolute atomic E-state index is 12.3. The van der Waals surface area contributed by atoms with Gasteiger partial charge in [-0.2, -0.15) is 0 Å². The Bertz CT molecular complexity index is 766. The lowest BCUT2D eigenvalue weighted by Gasteiger charge is -2.13. The molecular formula is C18H21IN2O3. The van der Waals surface area contributed by atoms with Crippen LogP contribution in [-0.4, -0.2) is 23.1 Å². The molecule has 0 aliphatic carbocycles. The molecule has 0 atom stereocenters. The van der Waals surface area contributed by atoms with Gasteiger partial charge in [0.25, 0.3) is 5.91 Å². The van der Waals surface area contributed by atoms with Gasteiger partial charge in [-0.1, -0.05) is 12.1 Å². The van der Waals surface area contributed by atoms with Crippen LogP contribution in [0.3, 0.4) is 0 Å². The number of esters is 1. The molecule has 0 spiro atoms. The van der Waals surface area contributed by atoms with Gasteiger partial charge < -0.3 is 14.6 Å². The first kappa shape index (κ1) is 18.5. The summed E-state index contributed by atoms with van der Waals surface area (Å²) in [6.07, 6.45) is 0. The number of hydrogen-bond donors (Lipinski definition) is 1. The SMILES string of the molecule is Cc1cc(C(=O)OCC(=O)Nc2ccccc2I)c(C)n1C(C)C. The maximum atomic E-state index is 12.3. The highest BCUT2D eigenvalue weighted by Crippen LogP contribution is 2.21. The number of nitrogens with one attached hydrogen (secondary N) is 1. The Morgan fingerprint density at radius 3 is 2.50 bits per heavy atom. The van der Waals surface area contributed by atoms with Crippen molar-refractivity contribution >= 4 is 40.2 Å². The molecule has 0 radical (unpaired) electrons. The van der Waals surface area contributed by atoms with Crippen molar-refractivity contribution in [3.63, 3.8) is 0 Å². The standard InChI is InChI=1S/C18H21IN2O3/c1-11(2)21-12(3)9-14(13(21)4)18(23)24-10-17(22)20-16-8-6-5-7-15(16)19/h5-9,11H,10H2,1-4H3,(H,20,22). The summed E-state index contributed by atoms with van der Waals surface area (Å²) in [6.45, 7) is 7.65. The Balaban J connectivity index is 2.00. The monoisotopic (exact) mass is 440 g/mol. The second kappa shape index (κ2) is 7.83. The van der Waals surface area contributed by atoms with E-state index in [4.69, 9.17) is 4.74 Å². The summed E-state index contributed by atoms with van der Waals surface area (Å²) in [5, 5.41) is 2.74. The van der Waals surface area contributed by atoms with Gasteiger partial charge >= 0.3 is 5.97 Å². The molecule has 5 nitrogen and oxygen atoms in total. The van der Waals surface area contributed by atoms with Gasteiger partial charge in [-0.25, -0.2) is 4.79 Å². The summed E-state index contributed by atoms with van der Waals surface area (Å²) in [7, 11) is 0. The predicted octanol–water partition coefficient (Wildman–Crippen LogP) is 4.09. The number of aromatic nitrogens is 1. The van der Waals surface area contributed by atoms with Crippen LogP contribution in [0, 0.1) is 17.4 Å². The van der Waals surface area contributed by atoms with Crippen LogP contribution in [0.15, 0.2) is 30.3 Å². The second-order valence-corrected chi connectivity index (χ2v) is 7.01. The third-order valence-corrected chi connectivity index (χ3v) is 4.64. The van der Waals surface area contributed by atoms with Gasteiger partial charge in [0.05, 0.1) is 11.3 Å². The van der Waals surface area contributed by atoms with Crippen molar-refractivity contribution in [2.75, 3.05) is 11.9 Å². The van der Waals surface area contributed by atoms with Crippen LogP contribution in [0.4, 0.5) is 5.69 Å². The molecule has 0 aliphatic rings. The number of para-hydroxylation sites is 1. The van der Waals surface area contributed by atoms with Crippen molar-refractivity contribution in [2.45, 2.75) is 33.7 Å². The number of hydrogen-bond acceptors (Lipinski definition) is 3. The topological polar surface area (TPSA) is 60.3 Å². The minimum Gasteiger partial charge on any atom is -0.452 e. The number of amides is 1. The summed E-state index contributed by atoms with van der Waals surface area (Å²) in [5.41, 5.74) is 3.06. The summed E-state index contributed by atoms with van der Waals surface area (Å²) in [5.74, 6) is -0.835. The van der Waals surface area contributed by atoms with E-state index in [-0.39, 0.29) is 18.6 Å². The van der Waals surface area contributed by atoms with Gasteiger partial charge in [0.15, 0.2) is 6.61 Å². The number of carbonyl (C=O) groups is 2. The summed E-state index contributed by atoms with van der Waals surface area (Å²) in [6, 6.07) is 9.48. The molecule has 1 aromatic heterocycles. The van der Waals surface area contributed by atoms with Crippen molar-refractivity contribution in [1.29, 1.82) is 0 Å². The number of benzene rings is 1. The molecule has 0 saturated heterocycles. The van der Waals surface area contributed by atoms with E-state index in [9.17, 15) is 9.59 Å². The van der Waals surface area contributed by atoms with Gasteiger partial charge in [0.1, 0.15) is 0 Å². The number of nitrogens with zero attached hydrogens (tertiary/aromatic N) is 1. The predicted molar refractivity (Wildman–Crippen MR) is 102 cm³/mol. The zero-order valence-corrected chi connectivity index (χ0v) is 16.4. The van der Waals surface area contributed by atoms with Gasteiger partial charge in [0.2, 0.25) is 0 Å². The van der Waals surface area contributed by atoms with Crippen molar-refractivity contribution in [3.8, 4) is 0 Å². The van der Waals surface area contributed by atoms with Gasteiger partial charge in [-0.15, -0.1) is 0 Å². The van der Waals surface area contributed by atoms with Crippen molar-refractivity contribution < 1.29 is 14.3 Å². The minimum absolute atomic E-state index is 0.259. The molecule has 2 aromatic rings. The Kier molecular flexibility index (Phi) is 6.04. The largest absolute Gasteiger partial charge is 0.452 e. The third kappa shape index (κ3) is 4.17. The van der Waals surface area contributed by atoms with E-state index < -0.39 is 5.97 Å². The quantitative estimate of drug-likeness (QED) is 0.563. The summed E-state index contributed by atoms with van der Waals surface area (Å²) in [4.78, 5) is 24.2. The molecule has 1 amide bonds. The lowest BCUT2D eigenvalue weighted by molar-refractivity contribution is -0.119. The molecule has 0 fully saturated rings. The third-order valence-electron chi connectivity index (χ3n) is 3.70. The zero-order valence-electron chi connectivity index (χ0n) is 14.2. The van der Waals surface area contributed by atoms with E-state index in [1.807, 2.05) is 32.0 Å². The highest BCUT2D eigenvalue weighted by Gasteiger charge is 2.19. The Morgan fingerprint density at radius 2 is 1.92 bits per heavy atom. The number of halogens is 1.